The minimum Gasteiger partial charge on any atom is -0.395 e. The number of hydrogen-bond donors (Lipinski definition) is 7. The van der Waals surface area contributed by atoms with Crippen LogP contribution in [0.5, 0.6) is 0 Å². The van der Waals surface area contributed by atoms with E-state index in [9.17, 15) is 10.2 Å². The Kier molecular flexibility index (Phi) is 6.11. The van der Waals surface area contributed by atoms with Gasteiger partial charge in [0.05, 0.1) is 30.9 Å². The lowest BCUT2D eigenvalue weighted by molar-refractivity contribution is -0.256. The lowest BCUT2D eigenvalue weighted by atomic mass is 9.84. The first-order valence-corrected chi connectivity index (χ1v) is 7.65. The molecule has 0 radical (unpaired) electrons. The summed E-state index contributed by atoms with van der Waals surface area (Å²) in [6, 6.07) is -2.05. The number of rotatable bonds is 4. The zero-order valence-electron chi connectivity index (χ0n) is 12.5. The molecule has 0 aromatic carbocycles. The maximum absolute atomic E-state index is 10.1. The first-order valence-electron chi connectivity index (χ1n) is 7.65. The molecule has 0 aromatic rings. The van der Waals surface area contributed by atoms with E-state index in [1.807, 2.05) is 0 Å². The highest BCUT2D eigenvalue weighted by Crippen LogP contribution is 2.27. The average molecular weight is 320 g/mol. The molecule has 9 heteroatoms. The molecular formula is C13H28N4O5. The predicted octanol–water partition coefficient (Wildman–Crippen LogP) is -3.70. The van der Waals surface area contributed by atoms with Gasteiger partial charge in [0.1, 0.15) is 12.2 Å². The average Bonchev–Trinajstić information content (AvgIpc) is 2.50. The third-order valence-corrected chi connectivity index (χ3v) is 4.51. The van der Waals surface area contributed by atoms with Crippen LogP contribution in [0.15, 0.2) is 0 Å². The molecule has 2 rings (SSSR count). The largest absolute Gasteiger partial charge is 0.395 e. The van der Waals surface area contributed by atoms with E-state index in [4.69, 9.17) is 37.5 Å². The van der Waals surface area contributed by atoms with Gasteiger partial charge in [-0.05, 0) is 19.3 Å². The Morgan fingerprint density at radius 3 is 2.36 bits per heavy atom. The molecule has 1 aliphatic heterocycles. The molecule has 0 spiro atoms. The van der Waals surface area contributed by atoms with Crippen molar-refractivity contribution in [3.63, 3.8) is 0 Å². The highest BCUT2D eigenvalue weighted by Gasteiger charge is 2.44. The zero-order valence-corrected chi connectivity index (χ0v) is 12.5. The summed E-state index contributed by atoms with van der Waals surface area (Å²) in [5.41, 5.74) is 23.5. The standard InChI is InChI=1S/C13H28N4O5/c14-5-1-2-9(8(17)4-18)21-13(5)22-12-7(16)3-6(15)10(19)11(12)20/h5-13,18-20H,1-4,14-17H2/t5-,6-,7+,8-,9+,10+,11-,12-,13-/m1/s1. The minimum absolute atomic E-state index is 0.203. The molecule has 22 heavy (non-hydrogen) atoms. The van der Waals surface area contributed by atoms with E-state index in [1.54, 1.807) is 0 Å². The van der Waals surface area contributed by atoms with Crippen LogP contribution < -0.4 is 22.9 Å². The molecule has 0 amide bonds. The summed E-state index contributed by atoms with van der Waals surface area (Å²) in [5.74, 6) is 0. The van der Waals surface area contributed by atoms with E-state index in [0.717, 1.165) is 0 Å². The van der Waals surface area contributed by atoms with Crippen molar-refractivity contribution in [1.29, 1.82) is 0 Å². The second kappa shape index (κ2) is 7.47. The van der Waals surface area contributed by atoms with Crippen molar-refractivity contribution in [2.75, 3.05) is 6.61 Å². The van der Waals surface area contributed by atoms with Gasteiger partial charge in [0.2, 0.25) is 0 Å². The topological polar surface area (TPSA) is 183 Å². The maximum Gasteiger partial charge on any atom is 0.173 e. The third-order valence-electron chi connectivity index (χ3n) is 4.51. The van der Waals surface area contributed by atoms with Gasteiger partial charge in [-0.2, -0.15) is 0 Å². The second-order valence-electron chi connectivity index (χ2n) is 6.28. The Labute approximate surface area is 129 Å². The molecule has 0 bridgehead atoms. The van der Waals surface area contributed by atoms with Crippen LogP contribution in [0.3, 0.4) is 0 Å². The predicted molar refractivity (Wildman–Crippen MR) is 78.4 cm³/mol. The Bertz CT molecular complexity index is 363. The number of ether oxygens (including phenoxy) is 2. The van der Waals surface area contributed by atoms with Crippen LogP contribution in [-0.4, -0.2) is 76.8 Å². The first kappa shape index (κ1) is 18.0. The monoisotopic (exact) mass is 320 g/mol. The van der Waals surface area contributed by atoms with Gasteiger partial charge < -0.3 is 47.7 Å². The van der Waals surface area contributed by atoms with Gasteiger partial charge in [0.25, 0.3) is 0 Å². The van der Waals surface area contributed by atoms with Gasteiger partial charge in [0.15, 0.2) is 6.29 Å². The molecule has 11 N–H and O–H groups in total. The number of aliphatic hydroxyl groups excluding tert-OH is 3. The van der Waals surface area contributed by atoms with Gasteiger partial charge >= 0.3 is 0 Å². The van der Waals surface area contributed by atoms with Crippen LogP contribution in [0.4, 0.5) is 0 Å². The summed E-state index contributed by atoms with van der Waals surface area (Å²) in [7, 11) is 0. The Morgan fingerprint density at radius 1 is 1.05 bits per heavy atom. The van der Waals surface area contributed by atoms with E-state index >= 15 is 0 Å². The molecular weight excluding hydrogens is 292 g/mol. The number of aliphatic hydroxyl groups is 3. The fourth-order valence-electron chi connectivity index (χ4n) is 3.02. The summed E-state index contributed by atoms with van der Waals surface area (Å²) >= 11 is 0. The van der Waals surface area contributed by atoms with Crippen molar-refractivity contribution < 1.29 is 24.8 Å². The van der Waals surface area contributed by atoms with E-state index in [0.29, 0.717) is 19.3 Å². The lowest BCUT2D eigenvalue weighted by Crippen LogP contribution is -2.64. The number of nitrogens with two attached hydrogens (primary N) is 4. The molecule has 1 saturated heterocycles. The first-order chi connectivity index (χ1) is 10.3. The molecule has 9 nitrogen and oxygen atoms in total. The molecule has 1 heterocycles. The highest BCUT2D eigenvalue weighted by atomic mass is 16.7. The minimum atomic E-state index is -1.21. The summed E-state index contributed by atoms with van der Waals surface area (Å²) in [6.07, 6.45) is -2.76. The zero-order chi connectivity index (χ0) is 16.4. The Hall–Kier alpha value is -0.360. The molecule has 9 atom stereocenters. The molecule has 1 aliphatic carbocycles. The Morgan fingerprint density at radius 2 is 1.73 bits per heavy atom. The summed E-state index contributed by atoms with van der Waals surface area (Å²) in [4.78, 5) is 0. The SMILES string of the molecule is N[C@@H]1CC[C@@H]([C@H](N)CO)O[C@@H]1O[C@H]1[C@H](O)[C@@H](O)[C@H](N)C[C@@H]1N. The van der Waals surface area contributed by atoms with Crippen molar-refractivity contribution in [2.24, 2.45) is 22.9 Å². The molecule has 2 fully saturated rings. The second-order valence-corrected chi connectivity index (χ2v) is 6.28. The molecule has 0 aromatic heterocycles. The smallest absolute Gasteiger partial charge is 0.173 e. The lowest BCUT2D eigenvalue weighted by Gasteiger charge is -2.44. The van der Waals surface area contributed by atoms with Crippen molar-refractivity contribution >= 4 is 0 Å². The van der Waals surface area contributed by atoms with Gasteiger partial charge in [-0.15, -0.1) is 0 Å². The van der Waals surface area contributed by atoms with E-state index in [2.05, 4.69) is 0 Å². The normalized spacial score (nSPS) is 48.1. The van der Waals surface area contributed by atoms with E-state index < -0.39 is 48.8 Å². The molecule has 2 aliphatic rings. The van der Waals surface area contributed by atoms with Crippen LogP contribution in [0.1, 0.15) is 19.3 Å². The Balaban J connectivity index is 2.01. The summed E-state index contributed by atoms with van der Waals surface area (Å²) in [5, 5.41) is 29.1. The van der Waals surface area contributed by atoms with Gasteiger partial charge in [0, 0.05) is 12.1 Å². The highest BCUT2D eigenvalue weighted by molar-refractivity contribution is 4.98. The molecule has 1 saturated carbocycles. The van der Waals surface area contributed by atoms with E-state index in [1.165, 1.54) is 0 Å². The van der Waals surface area contributed by atoms with Crippen molar-refractivity contribution in [3.05, 3.63) is 0 Å². The van der Waals surface area contributed by atoms with Crippen LogP contribution in [0.2, 0.25) is 0 Å². The van der Waals surface area contributed by atoms with Gasteiger partial charge in [-0.1, -0.05) is 0 Å². The maximum atomic E-state index is 10.1. The van der Waals surface area contributed by atoms with E-state index in [-0.39, 0.29) is 12.7 Å². The van der Waals surface area contributed by atoms with Crippen LogP contribution in [0, 0.1) is 0 Å². The molecule has 0 unspecified atom stereocenters. The van der Waals surface area contributed by atoms with Crippen molar-refractivity contribution in [1.82, 2.24) is 0 Å². The van der Waals surface area contributed by atoms with Gasteiger partial charge in [-0.3, -0.25) is 0 Å². The third kappa shape index (κ3) is 3.75. The van der Waals surface area contributed by atoms with Crippen LogP contribution >= 0.6 is 0 Å². The van der Waals surface area contributed by atoms with Crippen LogP contribution in [0.25, 0.3) is 0 Å². The summed E-state index contributed by atoms with van der Waals surface area (Å²) < 4.78 is 11.4. The van der Waals surface area contributed by atoms with Crippen LogP contribution in [-0.2, 0) is 9.47 Å². The number of hydrogen-bond acceptors (Lipinski definition) is 9. The van der Waals surface area contributed by atoms with Crippen molar-refractivity contribution in [3.8, 4) is 0 Å². The summed E-state index contributed by atoms with van der Waals surface area (Å²) in [6.45, 7) is -0.203. The fourth-order valence-corrected chi connectivity index (χ4v) is 3.02. The fraction of sp³-hybridized carbons (Fsp3) is 1.00. The van der Waals surface area contributed by atoms with Crippen molar-refractivity contribution in [2.45, 2.75) is 74.1 Å². The molecule has 130 valence electrons. The van der Waals surface area contributed by atoms with Gasteiger partial charge in [-0.25, -0.2) is 0 Å². The quantitative estimate of drug-likeness (QED) is 0.274.